The highest BCUT2D eigenvalue weighted by Crippen LogP contribution is 2.19. The van der Waals surface area contributed by atoms with Crippen molar-refractivity contribution in [2.75, 3.05) is 6.61 Å². The van der Waals surface area contributed by atoms with Crippen molar-refractivity contribution in [2.45, 2.75) is 341 Å². The van der Waals surface area contributed by atoms with Gasteiger partial charge in [0.25, 0.3) is 0 Å². The van der Waals surface area contributed by atoms with Gasteiger partial charge < -0.3 is 20.3 Å². The molecule has 0 bridgehead atoms. The van der Waals surface area contributed by atoms with E-state index in [1.807, 2.05) is 0 Å². The van der Waals surface area contributed by atoms with Gasteiger partial charge in [0.1, 0.15) is 6.10 Å². The van der Waals surface area contributed by atoms with Gasteiger partial charge >= 0.3 is 5.97 Å². The van der Waals surface area contributed by atoms with E-state index >= 15 is 0 Å². The number of amides is 1. The molecule has 370 valence electrons. The van der Waals surface area contributed by atoms with Crippen molar-refractivity contribution >= 4 is 11.9 Å². The number of carbonyl (C=O) groups excluding carboxylic acids is 2. The maximum atomic E-state index is 13.2. The summed E-state index contributed by atoms with van der Waals surface area (Å²) in [6, 6.07) is -0.692. The summed E-state index contributed by atoms with van der Waals surface area (Å²) in [6.45, 7) is 6.53. The fourth-order valence-corrected chi connectivity index (χ4v) is 9.14. The number of nitrogens with one attached hydrogen (secondary N) is 1. The molecule has 0 aliphatic heterocycles. The molecule has 0 radical (unpaired) electrons. The summed E-state index contributed by atoms with van der Waals surface area (Å²) < 4.78 is 5.96. The van der Waals surface area contributed by atoms with Crippen LogP contribution in [0.2, 0.25) is 0 Å². The molecule has 0 saturated heterocycles. The fourth-order valence-electron chi connectivity index (χ4n) is 9.14. The Kier molecular flexibility index (Phi) is 49.9. The molecule has 0 rings (SSSR count). The van der Waals surface area contributed by atoms with Crippen LogP contribution in [0.25, 0.3) is 0 Å². The lowest BCUT2D eigenvalue weighted by Crippen LogP contribution is -2.46. The van der Waals surface area contributed by atoms with Crippen molar-refractivity contribution < 1.29 is 24.5 Å². The van der Waals surface area contributed by atoms with Gasteiger partial charge in [-0.1, -0.05) is 284 Å². The van der Waals surface area contributed by atoms with E-state index in [2.05, 4.69) is 26.1 Å². The second-order valence-electron chi connectivity index (χ2n) is 19.7. The number of hydrogen-bond donors (Lipinski definition) is 3. The summed E-state index contributed by atoms with van der Waals surface area (Å²) in [7, 11) is 0. The predicted octanol–water partition coefficient (Wildman–Crippen LogP) is 17.1. The largest absolute Gasteiger partial charge is 0.462 e. The van der Waals surface area contributed by atoms with E-state index < -0.39 is 18.2 Å². The molecule has 0 saturated carbocycles. The average Bonchev–Trinajstić information content (AvgIpc) is 3.26. The number of ether oxygens (including phenoxy) is 1. The molecule has 1 amide bonds. The van der Waals surface area contributed by atoms with Gasteiger partial charge in [-0.3, -0.25) is 9.59 Å². The normalized spacial score (nSPS) is 13.0. The highest BCUT2D eigenvalue weighted by Gasteiger charge is 2.24. The third-order valence-corrected chi connectivity index (χ3v) is 13.4. The third kappa shape index (κ3) is 45.4. The number of hydrogen-bond acceptors (Lipinski definition) is 5. The van der Waals surface area contributed by atoms with Crippen molar-refractivity contribution in [3.63, 3.8) is 0 Å². The topological polar surface area (TPSA) is 95.9 Å². The van der Waals surface area contributed by atoms with E-state index in [9.17, 15) is 19.8 Å². The van der Waals surface area contributed by atoms with E-state index in [4.69, 9.17) is 4.74 Å². The van der Waals surface area contributed by atoms with Crippen LogP contribution in [0.3, 0.4) is 0 Å². The molecule has 3 unspecified atom stereocenters. The summed E-state index contributed by atoms with van der Waals surface area (Å²) >= 11 is 0. The maximum absolute atomic E-state index is 13.2. The van der Waals surface area contributed by atoms with Crippen molar-refractivity contribution in [3.8, 4) is 0 Å². The van der Waals surface area contributed by atoms with E-state index in [0.29, 0.717) is 19.3 Å². The van der Waals surface area contributed by atoms with Crippen LogP contribution in [-0.2, 0) is 14.3 Å². The van der Waals surface area contributed by atoms with Crippen LogP contribution in [0, 0.1) is 0 Å². The zero-order valence-electron chi connectivity index (χ0n) is 42.3. The first kappa shape index (κ1) is 60.9. The molecule has 0 fully saturated rings. The van der Waals surface area contributed by atoms with Crippen LogP contribution >= 0.6 is 0 Å². The Balaban J connectivity index is 4.50. The zero-order chi connectivity index (χ0) is 45.2. The molecule has 0 aromatic rings. The average molecular weight is 879 g/mol. The molecule has 0 spiro atoms. The Morgan fingerprint density at radius 1 is 0.403 bits per heavy atom. The number of aliphatic hydroxyl groups excluding tert-OH is 2. The Bertz CT molecular complexity index is 898. The van der Waals surface area contributed by atoms with Gasteiger partial charge in [0.15, 0.2) is 0 Å². The molecule has 0 aromatic carbocycles. The Hall–Kier alpha value is -1.14. The van der Waals surface area contributed by atoms with Crippen molar-refractivity contribution in [2.24, 2.45) is 0 Å². The summed E-state index contributed by atoms with van der Waals surface area (Å²) in [5.74, 6) is -0.446. The lowest BCUT2D eigenvalue weighted by atomic mass is 10.0. The molecule has 0 aliphatic rings. The van der Waals surface area contributed by atoms with Gasteiger partial charge in [-0.15, -0.1) is 0 Å². The van der Waals surface area contributed by atoms with Gasteiger partial charge in [-0.05, 0) is 25.7 Å². The maximum Gasteiger partial charge on any atom is 0.306 e. The van der Waals surface area contributed by atoms with Crippen LogP contribution < -0.4 is 5.32 Å². The number of carbonyl (C=O) groups is 2. The van der Waals surface area contributed by atoms with Gasteiger partial charge in [-0.2, -0.15) is 0 Å². The molecular weight excluding hydrogens is 767 g/mol. The van der Waals surface area contributed by atoms with E-state index in [-0.39, 0.29) is 24.9 Å². The summed E-state index contributed by atoms with van der Waals surface area (Å²) in [5, 5.41) is 23.8. The molecule has 0 aromatic heterocycles. The smallest absolute Gasteiger partial charge is 0.306 e. The fraction of sp³-hybridized carbons (Fsp3) is 0.964. The molecule has 0 aliphatic carbocycles. The molecule has 6 heteroatoms. The lowest BCUT2D eigenvalue weighted by Gasteiger charge is -2.24. The number of aliphatic hydroxyl groups is 2. The summed E-state index contributed by atoms with van der Waals surface area (Å²) in [5.41, 5.74) is 0. The zero-order valence-corrected chi connectivity index (χ0v) is 42.3. The Morgan fingerprint density at radius 2 is 0.677 bits per heavy atom. The standard InChI is InChI=1S/C56H111NO5/c1-4-7-10-13-16-19-22-25-27-29-30-32-35-38-41-44-47-52(62-56(61)49-46-43-40-37-34-31-28-26-23-20-17-14-11-8-5-2)50-55(60)57-53(51-58)54(59)48-45-42-39-36-33-24-21-18-15-12-9-6-3/h52-54,58-59H,4-51H2,1-3H3,(H,57,60). The molecule has 3 atom stereocenters. The Labute approximate surface area is 387 Å². The SMILES string of the molecule is CCCCCCCCCCCCCCCCCCC(CC(=O)NC(CO)C(O)CCCCCCCCCCCCCC)OC(=O)CCCCCCCCCCCCCCCCC. The number of unbranched alkanes of at least 4 members (excludes halogenated alkanes) is 40. The van der Waals surface area contributed by atoms with Crippen LogP contribution in [0.15, 0.2) is 0 Å². The van der Waals surface area contributed by atoms with Crippen LogP contribution in [0.1, 0.15) is 323 Å². The molecule has 3 N–H and O–H groups in total. The van der Waals surface area contributed by atoms with Crippen LogP contribution in [-0.4, -0.2) is 46.9 Å². The van der Waals surface area contributed by atoms with Gasteiger partial charge in [0.05, 0.1) is 25.2 Å². The summed E-state index contributed by atoms with van der Waals surface area (Å²) in [6.07, 6.45) is 55.9. The minimum absolute atomic E-state index is 0.0885. The van der Waals surface area contributed by atoms with Gasteiger partial charge in [-0.25, -0.2) is 0 Å². The van der Waals surface area contributed by atoms with Crippen LogP contribution in [0.5, 0.6) is 0 Å². The first-order chi connectivity index (χ1) is 30.5. The minimum atomic E-state index is -0.779. The van der Waals surface area contributed by atoms with Crippen molar-refractivity contribution in [3.05, 3.63) is 0 Å². The number of esters is 1. The molecule has 0 heterocycles. The van der Waals surface area contributed by atoms with E-state index in [1.54, 1.807) is 0 Å². The first-order valence-corrected chi connectivity index (χ1v) is 28.3. The first-order valence-electron chi connectivity index (χ1n) is 28.3. The monoisotopic (exact) mass is 878 g/mol. The quantitative estimate of drug-likeness (QED) is 0.0418. The second kappa shape index (κ2) is 50.9. The van der Waals surface area contributed by atoms with Crippen molar-refractivity contribution in [1.82, 2.24) is 5.32 Å². The van der Waals surface area contributed by atoms with Gasteiger partial charge in [0, 0.05) is 6.42 Å². The highest BCUT2D eigenvalue weighted by atomic mass is 16.5. The molecule has 62 heavy (non-hydrogen) atoms. The number of rotatable bonds is 52. The van der Waals surface area contributed by atoms with Gasteiger partial charge in [0.2, 0.25) is 5.91 Å². The Morgan fingerprint density at radius 3 is 0.984 bits per heavy atom. The van der Waals surface area contributed by atoms with E-state index in [1.165, 1.54) is 238 Å². The molecule has 6 nitrogen and oxygen atoms in total. The van der Waals surface area contributed by atoms with E-state index in [0.717, 1.165) is 38.5 Å². The lowest BCUT2D eigenvalue weighted by molar-refractivity contribution is -0.151. The van der Waals surface area contributed by atoms with Crippen molar-refractivity contribution in [1.29, 1.82) is 0 Å². The summed E-state index contributed by atoms with van der Waals surface area (Å²) in [4.78, 5) is 26.2. The molecular formula is C56H111NO5. The minimum Gasteiger partial charge on any atom is -0.462 e. The van der Waals surface area contributed by atoms with Crippen LogP contribution in [0.4, 0.5) is 0 Å². The third-order valence-electron chi connectivity index (χ3n) is 13.4. The predicted molar refractivity (Wildman–Crippen MR) is 269 cm³/mol. The second-order valence-corrected chi connectivity index (χ2v) is 19.7. The highest BCUT2D eigenvalue weighted by molar-refractivity contribution is 5.77.